The van der Waals surface area contributed by atoms with Gasteiger partial charge in [0, 0.05) is 11.6 Å². The molecule has 0 bridgehead atoms. The van der Waals surface area contributed by atoms with Gasteiger partial charge in [0.05, 0.1) is 0 Å². The molecule has 1 saturated carbocycles. The van der Waals surface area contributed by atoms with Crippen molar-refractivity contribution in [2.45, 2.75) is 44.4 Å². The summed E-state index contributed by atoms with van der Waals surface area (Å²) in [6, 6.07) is 6.33. The summed E-state index contributed by atoms with van der Waals surface area (Å²) < 4.78 is 0. The summed E-state index contributed by atoms with van der Waals surface area (Å²) in [4.78, 5) is 11.3. The largest absolute Gasteiger partial charge is 0.399 e. The Kier molecular flexibility index (Phi) is 2.69. The Morgan fingerprint density at radius 3 is 3.00 bits per heavy atom. The number of hydrogen-bond acceptors (Lipinski definition) is 2. The van der Waals surface area contributed by atoms with Crippen molar-refractivity contribution in [1.29, 1.82) is 0 Å². The maximum absolute atomic E-state index is 11.3. The molecule has 0 aliphatic heterocycles. The molecule has 0 amide bonds. The van der Waals surface area contributed by atoms with Gasteiger partial charge < -0.3 is 10.5 Å². The van der Waals surface area contributed by atoms with Crippen molar-refractivity contribution in [2.75, 3.05) is 5.73 Å². The van der Waals surface area contributed by atoms with Gasteiger partial charge in [-0.15, -0.1) is 0 Å². The summed E-state index contributed by atoms with van der Waals surface area (Å²) in [5.74, 6) is 0.761. The molecule has 1 aromatic carbocycles. The van der Waals surface area contributed by atoms with Crippen LogP contribution >= 0.6 is 0 Å². The first kappa shape index (κ1) is 11.8. The van der Waals surface area contributed by atoms with E-state index in [4.69, 9.17) is 5.73 Å². The Bertz CT molecular complexity index is 482. The fourth-order valence-electron chi connectivity index (χ4n) is 4.25. The van der Waals surface area contributed by atoms with Gasteiger partial charge in [0.1, 0.15) is 6.29 Å². The molecule has 1 aromatic rings. The summed E-state index contributed by atoms with van der Waals surface area (Å²) in [6.45, 7) is 2.34. The number of carbonyl (C=O) groups is 1. The van der Waals surface area contributed by atoms with Crippen molar-refractivity contribution < 1.29 is 4.79 Å². The first-order valence-corrected chi connectivity index (χ1v) is 6.99. The third-order valence-electron chi connectivity index (χ3n) is 5.22. The van der Waals surface area contributed by atoms with Crippen molar-refractivity contribution in [1.82, 2.24) is 0 Å². The standard InChI is InChI=1S/C16H21NO/c1-16-8-2-3-12(10-18)14(16)7-5-11-4-6-13(17)9-15(11)16/h4,6,9-10,12,14H,2-3,5,7-8,17H2,1H3. The maximum Gasteiger partial charge on any atom is 0.123 e. The van der Waals surface area contributed by atoms with Gasteiger partial charge in [-0.05, 0) is 60.3 Å². The van der Waals surface area contributed by atoms with Crippen LogP contribution in [-0.4, -0.2) is 6.29 Å². The predicted molar refractivity (Wildman–Crippen MR) is 73.4 cm³/mol. The topological polar surface area (TPSA) is 43.1 Å². The average molecular weight is 243 g/mol. The lowest BCUT2D eigenvalue weighted by Crippen LogP contribution is -2.44. The Labute approximate surface area is 109 Å². The minimum atomic E-state index is 0.160. The minimum Gasteiger partial charge on any atom is -0.399 e. The van der Waals surface area contributed by atoms with Crippen LogP contribution in [0.5, 0.6) is 0 Å². The highest BCUT2D eigenvalue weighted by Gasteiger charge is 2.46. The van der Waals surface area contributed by atoms with E-state index in [1.165, 1.54) is 23.8 Å². The lowest BCUT2D eigenvalue weighted by Gasteiger charge is -2.49. The van der Waals surface area contributed by atoms with Crippen LogP contribution in [0.1, 0.15) is 43.7 Å². The zero-order valence-electron chi connectivity index (χ0n) is 11.0. The van der Waals surface area contributed by atoms with Crippen molar-refractivity contribution in [2.24, 2.45) is 11.8 Å². The second-order valence-corrected chi connectivity index (χ2v) is 6.17. The van der Waals surface area contributed by atoms with Crippen LogP contribution in [0.15, 0.2) is 18.2 Å². The highest BCUT2D eigenvalue weighted by Crippen LogP contribution is 2.51. The quantitative estimate of drug-likeness (QED) is 0.608. The van der Waals surface area contributed by atoms with Crippen LogP contribution in [0.2, 0.25) is 0 Å². The zero-order valence-corrected chi connectivity index (χ0v) is 11.0. The monoisotopic (exact) mass is 243 g/mol. The Morgan fingerprint density at radius 2 is 2.22 bits per heavy atom. The van der Waals surface area contributed by atoms with Crippen LogP contribution in [0.3, 0.4) is 0 Å². The first-order chi connectivity index (χ1) is 8.65. The van der Waals surface area contributed by atoms with Gasteiger partial charge >= 0.3 is 0 Å². The van der Waals surface area contributed by atoms with Crippen molar-refractivity contribution in [3.63, 3.8) is 0 Å². The summed E-state index contributed by atoms with van der Waals surface area (Å²) >= 11 is 0. The smallest absolute Gasteiger partial charge is 0.123 e. The molecule has 3 rings (SSSR count). The maximum atomic E-state index is 11.3. The number of hydrogen-bond donors (Lipinski definition) is 1. The first-order valence-electron chi connectivity index (χ1n) is 6.99. The molecule has 18 heavy (non-hydrogen) atoms. The van der Waals surface area contributed by atoms with E-state index in [-0.39, 0.29) is 11.3 Å². The number of carbonyl (C=O) groups excluding carboxylic acids is 1. The van der Waals surface area contributed by atoms with E-state index in [9.17, 15) is 4.79 Å². The molecular formula is C16H21NO. The minimum absolute atomic E-state index is 0.160. The average Bonchev–Trinajstić information content (AvgIpc) is 2.38. The predicted octanol–water partition coefficient (Wildman–Crippen LogP) is 3.09. The summed E-state index contributed by atoms with van der Waals surface area (Å²) in [5, 5.41) is 0. The van der Waals surface area contributed by atoms with Gasteiger partial charge in [-0.25, -0.2) is 0 Å². The fourth-order valence-corrected chi connectivity index (χ4v) is 4.25. The van der Waals surface area contributed by atoms with E-state index in [1.807, 2.05) is 6.07 Å². The van der Waals surface area contributed by atoms with Gasteiger partial charge in [0.15, 0.2) is 0 Å². The second-order valence-electron chi connectivity index (χ2n) is 6.17. The van der Waals surface area contributed by atoms with E-state index in [0.717, 1.165) is 31.4 Å². The molecule has 0 heterocycles. The van der Waals surface area contributed by atoms with Gasteiger partial charge in [-0.1, -0.05) is 19.4 Å². The molecule has 2 N–H and O–H groups in total. The lowest BCUT2D eigenvalue weighted by molar-refractivity contribution is -0.115. The summed E-state index contributed by atoms with van der Waals surface area (Å²) in [7, 11) is 0. The van der Waals surface area contributed by atoms with Crippen LogP contribution in [0.4, 0.5) is 5.69 Å². The third-order valence-corrected chi connectivity index (χ3v) is 5.22. The molecule has 0 spiro atoms. The Morgan fingerprint density at radius 1 is 1.39 bits per heavy atom. The molecule has 3 unspecified atom stereocenters. The molecule has 2 nitrogen and oxygen atoms in total. The lowest BCUT2D eigenvalue weighted by atomic mass is 9.55. The fraction of sp³-hybridized carbons (Fsp3) is 0.562. The van der Waals surface area contributed by atoms with E-state index in [1.54, 1.807) is 0 Å². The molecule has 3 atom stereocenters. The van der Waals surface area contributed by atoms with Crippen molar-refractivity contribution in [3.8, 4) is 0 Å². The number of nitrogen functional groups attached to an aromatic ring is 1. The van der Waals surface area contributed by atoms with E-state index < -0.39 is 0 Å². The number of anilines is 1. The highest BCUT2D eigenvalue weighted by atomic mass is 16.1. The molecule has 0 saturated heterocycles. The molecule has 2 heteroatoms. The Hall–Kier alpha value is -1.31. The van der Waals surface area contributed by atoms with Crippen molar-refractivity contribution >= 4 is 12.0 Å². The summed E-state index contributed by atoms with van der Waals surface area (Å²) in [6.07, 6.45) is 6.86. The van der Waals surface area contributed by atoms with E-state index >= 15 is 0 Å². The highest BCUT2D eigenvalue weighted by molar-refractivity contribution is 5.57. The zero-order chi connectivity index (χ0) is 12.8. The van der Waals surface area contributed by atoms with Crippen LogP contribution < -0.4 is 5.73 Å². The van der Waals surface area contributed by atoms with Gasteiger partial charge in [0.2, 0.25) is 0 Å². The number of benzene rings is 1. The van der Waals surface area contributed by atoms with Crippen molar-refractivity contribution in [3.05, 3.63) is 29.3 Å². The van der Waals surface area contributed by atoms with Gasteiger partial charge in [-0.2, -0.15) is 0 Å². The number of aldehydes is 1. The molecule has 1 fully saturated rings. The van der Waals surface area contributed by atoms with E-state index in [0.29, 0.717) is 5.92 Å². The Balaban J connectivity index is 2.09. The second kappa shape index (κ2) is 4.11. The number of fused-ring (bicyclic) bond motifs is 3. The molecule has 0 aromatic heterocycles. The van der Waals surface area contributed by atoms with Crippen LogP contribution in [0, 0.1) is 11.8 Å². The summed E-state index contributed by atoms with van der Waals surface area (Å²) in [5.41, 5.74) is 9.82. The molecule has 2 aliphatic rings. The SMILES string of the molecule is CC12CCCC(C=O)C1CCc1ccc(N)cc12. The van der Waals surface area contributed by atoms with E-state index in [2.05, 4.69) is 19.1 Å². The number of aryl methyl sites for hydroxylation is 1. The van der Waals surface area contributed by atoms with Crippen LogP contribution in [-0.2, 0) is 16.6 Å². The molecule has 0 radical (unpaired) electrons. The number of rotatable bonds is 1. The third kappa shape index (κ3) is 1.58. The number of nitrogens with two attached hydrogens (primary N) is 1. The van der Waals surface area contributed by atoms with Crippen LogP contribution in [0.25, 0.3) is 0 Å². The normalized spacial score (nSPS) is 34.5. The molecule has 2 aliphatic carbocycles. The molecular weight excluding hydrogens is 222 g/mol. The molecule has 96 valence electrons. The van der Waals surface area contributed by atoms with Gasteiger partial charge in [0.25, 0.3) is 0 Å². The van der Waals surface area contributed by atoms with Gasteiger partial charge in [-0.3, -0.25) is 0 Å².